The van der Waals surface area contributed by atoms with E-state index in [9.17, 15) is 13.2 Å². The van der Waals surface area contributed by atoms with Crippen LogP contribution in [0.5, 0.6) is 0 Å². The molecule has 0 aliphatic carbocycles. The first-order valence-corrected chi connectivity index (χ1v) is 2.52. The molecule has 0 aromatic rings. The molecular weight excluding hydrogens is 147 g/mol. The Morgan fingerprint density at radius 1 is 1.50 bits per heavy atom. The van der Waals surface area contributed by atoms with Crippen molar-refractivity contribution < 1.29 is 17.9 Å². The van der Waals surface area contributed by atoms with Crippen molar-refractivity contribution in [2.24, 2.45) is 0 Å². The summed E-state index contributed by atoms with van der Waals surface area (Å²) in [5, 5.41) is 0. The first kappa shape index (κ1) is 7.24. The molecule has 0 N–H and O–H groups in total. The summed E-state index contributed by atoms with van der Waals surface area (Å²) in [5.41, 5.74) is 0. The fourth-order valence-electron chi connectivity index (χ4n) is 0.601. The standard InChI is InChI=1S/C5H5F3NO/c1-4-9(2-3-10-4)5(6,7)8/h2-4H,1H2. The lowest BCUT2D eigenvalue weighted by Crippen LogP contribution is -2.38. The normalized spacial score (nSPS) is 25.2. The Morgan fingerprint density at radius 2 is 2.10 bits per heavy atom. The highest BCUT2D eigenvalue weighted by atomic mass is 19.4. The van der Waals surface area contributed by atoms with E-state index >= 15 is 0 Å². The molecule has 1 rings (SSSR count). The van der Waals surface area contributed by atoms with E-state index in [0.717, 1.165) is 12.5 Å². The van der Waals surface area contributed by atoms with Crippen LogP contribution in [-0.2, 0) is 4.74 Å². The number of hydrogen-bond acceptors (Lipinski definition) is 2. The largest absolute Gasteiger partial charge is 0.487 e. The van der Waals surface area contributed by atoms with Gasteiger partial charge in [-0.25, -0.2) is 0 Å². The zero-order chi connectivity index (χ0) is 7.78. The van der Waals surface area contributed by atoms with Gasteiger partial charge < -0.3 is 4.74 Å². The first-order chi connectivity index (χ1) is 4.52. The number of halogens is 3. The molecule has 0 spiro atoms. The van der Waals surface area contributed by atoms with Crippen LogP contribution in [0.15, 0.2) is 12.5 Å². The van der Waals surface area contributed by atoms with Crippen LogP contribution in [0.3, 0.4) is 0 Å². The second-order valence-corrected chi connectivity index (χ2v) is 1.75. The third-order valence-corrected chi connectivity index (χ3v) is 1.06. The Hall–Kier alpha value is -0.870. The molecule has 1 heterocycles. The molecule has 0 aromatic carbocycles. The van der Waals surface area contributed by atoms with Crippen molar-refractivity contribution in [1.29, 1.82) is 0 Å². The summed E-state index contributed by atoms with van der Waals surface area (Å²) >= 11 is 0. The van der Waals surface area contributed by atoms with Gasteiger partial charge in [0.05, 0.1) is 0 Å². The van der Waals surface area contributed by atoms with Crippen LogP contribution in [0.2, 0.25) is 0 Å². The minimum atomic E-state index is -4.39. The highest BCUT2D eigenvalue weighted by Gasteiger charge is 2.40. The molecule has 0 aromatic heterocycles. The highest BCUT2D eigenvalue weighted by Crippen LogP contribution is 2.27. The van der Waals surface area contributed by atoms with Crippen LogP contribution in [-0.4, -0.2) is 17.4 Å². The van der Waals surface area contributed by atoms with Crippen molar-refractivity contribution in [1.82, 2.24) is 4.90 Å². The SMILES string of the molecule is [CH2]C1OC=CN1C(F)(F)F. The number of hydrogen-bond donors (Lipinski definition) is 0. The average Bonchev–Trinajstić information content (AvgIpc) is 2.11. The van der Waals surface area contributed by atoms with Gasteiger partial charge in [0.25, 0.3) is 0 Å². The van der Waals surface area contributed by atoms with Crippen LogP contribution in [0, 0.1) is 6.92 Å². The Morgan fingerprint density at radius 3 is 2.30 bits per heavy atom. The second kappa shape index (κ2) is 2.07. The third-order valence-electron chi connectivity index (χ3n) is 1.06. The summed E-state index contributed by atoms with van der Waals surface area (Å²) in [4.78, 5) is 0.0764. The van der Waals surface area contributed by atoms with E-state index in [-0.39, 0.29) is 4.90 Å². The summed E-state index contributed by atoms with van der Waals surface area (Å²) in [6.45, 7) is 3.11. The molecule has 0 amide bonds. The van der Waals surface area contributed by atoms with Gasteiger partial charge in [0, 0.05) is 13.1 Å². The van der Waals surface area contributed by atoms with Gasteiger partial charge in [-0.15, -0.1) is 13.2 Å². The lowest BCUT2D eigenvalue weighted by Gasteiger charge is -2.22. The molecule has 1 atom stereocenters. The fraction of sp³-hybridized carbons (Fsp3) is 0.400. The molecule has 1 radical (unpaired) electrons. The summed E-state index contributed by atoms with van der Waals surface area (Å²) in [7, 11) is 0. The number of nitrogens with zero attached hydrogens (tertiary/aromatic N) is 1. The van der Waals surface area contributed by atoms with Gasteiger partial charge in [-0.3, -0.25) is 4.90 Å². The van der Waals surface area contributed by atoms with Gasteiger partial charge >= 0.3 is 6.30 Å². The van der Waals surface area contributed by atoms with Crippen molar-refractivity contribution in [3.8, 4) is 0 Å². The zero-order valence-corrected chi connectivity index (χ0v) is 4.93. The van der Waals surface area contributed by atoms with E-state index in [0.29, 0.717) is 0 Å². The molecule has 10 heavy (non-hydrogen) atoms. The van der Waals surface area contributed by atoms with Crippen molar-refractivity contribution in [2.45, 2.75) is 12.5 Å². The minimum absolute atomic E-state index is 0.0764. The quantitative estimate of drug-likeness (QED) is 0.487. The minimum Gasteiger partial charge on any atom is -0.476 e. The van der Waals surface area contributed by atoms with Crippen LogP contribution >= 0.6 is 0 Å². The molecule has 57 valence electrons. The summed E-state index contributed by atoms with van der Waals surface area (Å²) in [6.07, 6.45) is -3.80. The molecule has 1 unspecified atom stereocenters. The van der Waals surface area contributed by atoms with Crippen molar-refractivity contribution in [3.05, 3.63) is 19.4 Å². The lowest BCUT2D eigenvalue weighted by atomic mass is 10.6. The van der Waals surface area contributed by atoms with Gasteiger partial charge in [0.2, 0.25) is 0 Å². The monoisotopic (exact) mass is 152 g/mol. The topological polar surface area (TPSA) is 12.5 Å². The van der Waals surface area contributed by atoms with E-state index in [1.807, 2.05) is 0 Å². The maximum absolute atomic E-state index is 11.8. The summed E-state index contributed by atoms with van der Waals surface area (Å²) < 4.78 is 39.7. The fourth-order valence-corrected chi connectivity index (χ4v) is 0.601. The van der Waals surface area contributed by atoms with E-state index in [2.05, 4.69) is 11.7 Å². The molecular formula is C5H5F3NO. The van der Waals surface area contributed by atoms with Crippen LogP contribution < -0.4 is 0 Å². The number of ether oxygens (including phenoxy) is 1. The maximum Gasteiger partial charge on any atom is 0.487 e. The van der Waals surface area contributed by atoms with E-state index in [4.69, 9.17) is 0 Å². The van der Waals surface area contributed by atoms with Gasteiger partial charge in [-0.2, -0.15) is 0 Å². The van der Waals surface area contributed by atoms with E-state index in [1.54, 1.807) is 0 Å². The van der Waals surface area contributed by atoms with Crippen LogP contribution in [0.1, 0.15) is 0 Å². The molecule has 1 aliphatic heterocycles. The predicted octanol–water partition coefficient (Wildman–Crippen LogP) is 1.47. The molecule has 1 aliphatic rings. The first-order valence-electron chi connectivity index (χ1n) is 2.52. The maximum atomic E-state index is 11.8. The number of rotatable bonds is 0. The average molecular weight is 152 g/mol. The summed E-state index contributed by atoms with van der Waals surface area (Å²) in [6, 6.07) is 0. The summed E-state index contributed by atoms with van der Waals surface area (Å²) in [5.74, 6) is 0. The predicted molar refractivity (Wildman–Crippen MR) is 27.3 cm³/mol. The molecule has 5 heteroatoms. The lowest BCUT2D eigenvalue weighted by molar-refractivity contribution is -0.248. The van der Waals surface area contributed by atoms with Gasteiger partial charge in [-0.05, 0) is 0 Å². The zero-order valence-electron chi connectivity index (χ0n) is 4.93. The van der Waals surface area contributed by atoms with E-state index < -0.39 is 12.5 Å². The Kier molecular flexibility index (Phi) is 1.50. The smallest absolute Gasteiger partial charge is 0.476 e. The van der Waals surface area contributed by atoms with Crippen molar-refractivity contribution >= 4 is 0 Å². The van der Waals surface area contributed by atoms with Gasteiger partial charge in [0.1, 0.15) is 6.26 Å². The van der Waals surface area contributed by atoms with E-state index in [1.165, 1.54) is 0 Å². The third kappa shape index (κ3) is 1.17. The van der Waals surface area contributed by atoms with Gasteiger partial charge in [0.15, 0.2) is 6.23 Å². The molecule has 0 saturated heterocycles. The number of alkyl halides is 3. The molecule has 2 nitrogen and oxygen atoms in total. The van der Waals surface area contributed by atoms with Crippen molar-refractivity contribution in [3.63, 3.8) is 0 Å². The Labute approximate surface area is 55.9 Å². The van der Waals surface area contributed by atoms with Crippen LogP contribution in [0.4, 0.5) is 13.2 Å². The second-order valence-electron chi connectivity index (χ2n) is 1.75. The highest BCUT2D eigenvalue weighted by molar-refractivity contribution is 4.88. The molecule has 0 saturated carbocycles. The molecule has 0 fully saturated rings. The van der Waals surface area contributed by atoms with Crippen molar-refractivity contribution in [2.75, 3.05) is 0 Å². The van der Waals surface area contributed by atoms with Gasteiger partial charge in [-0.1, -0.05) is 0 Å². The van der Waals surface area contributed by atoms with Crippen LogP contribution in [0.25, 0.3) is 0 Å². The Balaban J connectivity index is 2.64. The molecule has 0 bridgehead atoms. The Bertz CT molecular complexity index is 153.